The van der Waals surface area contributed by atoms with Crippen molar-refractivity contribution in [3.05, 3.63) is 53.5 Å². The van der Waals surface area contributed by atoms with Crippen molar-refractivity contribution in [2.24, 2.45) is 0 Å². The van der Waals surface area contributed by atoms with Crippen LogP contribution in [0, 0.1) is 0 Å². The van der Waals surface area contributed by atoms with Gasteiger partial charge in [-0.2, -0.15) is 0 Å². The number of carbonyl (C=O) groups is 1. The number of benzene rings is 1. The maximum absolute atomic E-state index is 12.6. The zero-order valence-electron chi connectivity index (χ0n) is 13.4. The summed E-state index contributed by atoms with van der Waals surface area (Å²) in [4.78, 5) is 18.9. The summed E-state index contributed by atoms with van der Waals surface area (Å²) in [6.07, 6.45) is 7.24. The molecular weight excluding hydrogens is 342 g/mol. The molecule has 1 atom stereocenters. The summed E-state index contributed by atoms with van der Waals surface area (Å²) in [5.41, 5.74) is 1.98. The standard InChI is InChI=1S/C17H17N3O2S2/c1-12(10-22-2)20-16(21)15(24-17(20)23)9-13-3-5-14(6-4-13)19-8-7-18-11-19/h3-9,11-12H,10H2,1-2H3/b15-9+. The molecule has 1 aromatic heterocycles. The number of nitrogens with zero attached hydrogens (tertiary/aromatic N) is 3. The molecule has 5 nitrogen and oxygen atoms in total. The van der Waals surface area contributed by atoms with Crippen LogP contribution in [0.15, 0.2) is 47.9 Å². The molecule has 3 rings (SSSR count). The Morgan fingerprint density at radius 1 is 1.38 bits per heavy atom. The summed E-state index contributed by atoms with van der Waals surface area (Å²) in [7, 11) is 1.62. The lowest BCUT2D eigenvalue weighted by Crippen LogP contribution is -2.39. The minimum atomic E-state index is -0.0722. The number of aromatic nitrogens is 2. The SMILES string of the molecule is COCC(C)N1C(=O)/C(=C\c2ccc(-n3ccnc3)cc2)SC1=S. The van der Waals surface area contributed by atoms with Crippen molar-refractivity contribution in [3.8, 4) is 5.69 Å². The van der Waals surface area contributed by atoms with E-state index in [0.717, 1.165) is 11.3 Å². The Morgan fingerprint density at radius 2 is 2.12 bits per heavy atom. The van der Waals surface area contributed by atoms with Gasteiger partial charge in [0.1, 0.15) is 4.32 Å². The van der Waals surface area contributed by atoms with Crippen LogP contribution in [0.1, 0.15) is 12.5 Å². The quantitative estimate of drug-likeness (QED) is 0.606. The second-order valence-corrected chi connectivity index (χ2v) is 7.09. The number of carbonyl (C=O) groups excluding carboxylic acids is 1. The largest absolute Gasteiger partial charge is 0.383 e. The van der Waals surface area contributed by atoms with E-state index in [-0.39, 0.29) is 11.9 Å². The topological polar surface area (TPSA) is 47.4 Å². The number of imidazole rings is 1. The Balaban J connectivity index is 1.79. The maximum atomic E-state index is 12.6. The lowest BCUT2D eigenvalue weighted by molar-refractivity contribution is -0.124. The van der Waals surface area contributed by atoms with Gasteiger partial charge in [-0.05, 0) is 30.7 Å². The molecule has 0 bridgehead atoms. The number of hydrogen-bond donors (Lipinski definition) is 0. The summed E-state index contributed by atoms with van der Waals surface area (Å²) in [5.74, 6) is -0.0618. The fourth-order valence-corrected chi connectivity index (χ4v) is 3.94. The van der Waals surface area contributed by atoms with E-state index in [1.807, 2.05) is 48.0 Å². The van der Waals surface area contributed by atoms with E-state index >= 15 is 0 Å². The predicted molar refractivity (Wildman–Crippen MR) is 99.9 cm³/mol. The molecule has 1 saturated heterocycles. The first-order valence-corrected chi connectivity index (χ1v) is 8.67. The van der Waals surface area contributed by atoms with Gasteiger partial charge in [-0.3, -0.25) is 9.69 Å². The van der Waals surface area contributed by atoms with Crippen molar-refractivity contribution in [1.29, 1.82) is 0 Å². The Kier molecular flexibility index (Phi) is 5.13. The molecule has 1 aliphatic heterocycles. The van der Waals surface area contributed by atoms with Gasteiger partial charge in [-0.1, -0.05) is 36.1 Å². The average molecular weight is 359 g/mol. The molecule has 1 unspecified atom stereocenters. The first kappa shape index (κ1) is 16.9. The zero-order chi connectivity index (χ0) is 17.1. The molecule has 1 aliphatic rings. The number of rotatable bonds is 5. The molecule has 1 aromatic carbocycles. The molecule has 1 amide bonds. The lowest BCUT2D eigenvalue weighted by atomic mass is 10.2. The minimum Gasteiger partial charge on any atom is -0.383 e. The monoisotopic (exact) mass is 359 g/mol. The Bertz CT molecular complexity index is 770. The summed E-state index contributed by atoms with van der Waals surface area (Å²) in [5, 5.41) is 0. The van der Waals surface area contributed by atoms with E-state index in [9.17, 15) is 4.79 Å². The summed E-state index contributed by atoms with van der Waals surface area (Å²) >= 11 is 6.67. The zero-order valence-corrected chi connectivity index (χ0v) is 15.0. The molecule has 2 aromatic rings. The second-order valence-electron chi connectivity index (χ2n) is 5.42. The maximum Gasteiger partial charge on any atom is 0.266 e. The van der Waals surface area contributed by atoms with Crippen LogP contribution < -0.4 is 0 Å². The summed E-state index contributed by atoms with van der Waals surface area (Å²) in [6, 6.07) is 7.85. The van der Waals surface area contributed by atoms with Crippen LogP contribution in [-0.2, 0) is 9.53 Å². The predicted octanol–water partition coefficient (Wildman–Crippen LogP) is 3.11. The van der Waals surface area contributed by atoms with Gasteiger partial charge >= 0.3 is 0 Å². The van der Waals surface area contributed by atoms with Gasteiger partial charge in [0, 0.05) is 25.2 Å². The first-order chi connectivity index (χ1) is 11.6. The van der Waals surface area contributed by atoms with Crippen LogP contribution in [0.4, 0.5) is 0 Å². The summed E-state index contributed by atoms with van der Waals surface area (Å²) < 4.78 is 7.63. The first-order valence-electron chi connectivity index (χ1n) is 7.44. The van der Waals surface area contributed by atoms with Crippen LogP contribution in [0.2, 0.25) is 0 Å². The minimum absolute atomic E-state index is 0.0618. The molecule has 0 spiro atoms. The highest BCUT2D eigenvalue weighted by atomic mass is 32.2. The normalized spacial score (nSPS) is 17.8. The second kappa shape index (κ2) is 7.29. The van der Waals surface area contributed by atoms with Crippen LogP contribution in [0.25, 0.3) is 11.8 Å². The summed E-state index contributed by atoms with van der Waals surface area (Å²) in [6.45, 7) is 2.39. The molecule has 0 N–H and O–H groups in total. The van der Waals surface area contributed by atoms with E-state index in [1.165, 1.54) is 11.8 Å². The molecule has 24 heavy (non-hydrogen) atoms. The van der Waals surface area contributed by atoms with E-state index in [4.69, 9.17) is 17.0 Å². The number of methoxy groups -OCH3 is 1. The van der Waals surface area contributed by atoms with Crippen molar-refractivity contribution in [2.75, 3.05) is 13.7 Å². The van der Waals surface area contributed by atoms with Crippen molar-refractivity contribution >= 4 is 40.3 Å². The van der Waals surface area contributed by atoms with Gasteiger partial charge in [0.25, 0.3) is 5.91 Å². The molecular formula is C17H17N3O2S2. The van der Waals surface area contributed by atoms with Gasteiger partial charge in [-0.15, -0.1) is 0 Å². The molecule has 7 heteroatoms. The Morgan fingerprint density at radius 3 is 2.75 bits per heavy atom. The number of ether oxygens (including phenoxy) is 1. The lowest BCUT2D eigenvalue weighted by Gasteiger charge is -2.22. The average Bonchev–Trinajstić information content (AvgIpc) is 3.18. The highest BCUT2D eigenvalue weighted by Gasteiger charge is 2.35. The van der Waals surface area contributed by atoms with Gasteiger partial charge in [0.05, 0.1) is 23.9 Å². The highest BCUT2D eigenvalue weighted by Crippen LogP contribution is 2.34. The number of amides is 1. The molecule has 124 valence electrons. The third kappa shape index (κ3) is 3.43. The van der Waals surface area contributed by atoms with Gasteiger partial charge in [-0.25, -0.2) is 4.98 Å². The van der Waals surface area contributed by atoms with Gasteiger partial charge in [0.2, 0.25) is 0 Å². The van der Waals surface area contributed by atoms with E-state index in [1.54, 1.807) is 24.5 Å². The molecule has 0 radical (unpaired) electrons. The van der Waals surface area contributed by atoms with Crippen LogP contribution in [0.5, 0.6) is 0 Å². The van der Waals surface area contributed by atoms with Gasteiger partial charge in [0.15, 0.2) is 0 Å². The van der Waals surface area contributed by atoms with Gasteiger partial charge < -0.3 is 9.30 Å². The fourth-order valence-electron chi connectivity index (χ4n) is 2.48. The molecule has 1 fully saturated rings. The number of hydrogen-bond acceptors (Lipinski definition) is 5. The fraction of sp³-hybridized carbons (Fsp3) is 0.235. The highest BCUT2D eigenvalue weighted by molar-refractivity contribution is 8.26. The van der Waals surface area contributed by atoms with E-state index in [0.29, 0.717) is 15.8 Å². The Hall–Kier alpha value is -1.96. The van der Waals surface area contributed by atoms with Crippen molar-refractivity contribution in [3.63, 3.8) is 0 Å². The Labute approximate surface area is 150 Å². The van der Waals surface area contributed by atoms with Crippen LogP contribution >= 0.6 is 24.0 Å². The van der Waals surface area contributed by atoms with Crippen LogP contribution in [-0.4, -0.2) is 44.4 Å². The third-order valence-electron chi connectivity index (χ3n) is 3.67. The number of thioether (sulfide) groups is 1. The van der Waals surface area contributed by atoms with Crippen molar-refractivity contribution < 1.29 is 9.53 Å². The van der Waals surface area contributed by atoms with E-state index < -0.39 is 0 Å². The number of thiocarbonyl (C=S) groups is 1. The van der Waals surface area contributed by atoms with Crippen LogP contribution in [0.3, 0.4) is 0 Å². The smallest absolute Gasteiger partial charge is 0.266 e. The molecule has 0 aliphatic carbocycles. The van der Waals surface area contributed by atoms with E-state index in [2.05, 4.69) is 4.98 Å². The molecule has 0 saturated carbocycles. The molecule has 2 heterocycles. The van der Waals surface area contributed by atoms with Crippen molar-refractivity contribution in [2.45, 2.75) is 13.0 Å². The third-order valence-corrected chi connectivity index (χ3v) is 5.00. The van der Waals surface area contributed by atoms with Crippen molar-refractivity contribution in [1.82, 2.24) is 14.5 Å².